The third kappa shape index (κ3) is 2.94. The SMILES string of the molecule is CCCN(CCC)c1ncc(F)cn1. The molecule has 0 unspecified atom stereocenters. The molecule has 1 heterocycles. The fourth-order valence-corrected chi connectivity index (χ4v) is 1.32. The van der Waals surface area contributed by atoms with Crippen LogP contribution in [0.4, 0.5) is 10.3 Å². The van der Waals surface area contributed by atoms with Gasteiger partial charge < -0.3 is 4.90 Å². The summed E-state index contributed by atoms with van der Waals surface area (Å²) in [5, 5.41) is 0. The Labute approximate surface area is 84.0 Å². The fourth-order valence-electron chi connectivity index (χ4n) is 1.32. The summed E-state index contributed by atoms with van der Waals surface area (Å²) in [6.07, 6.45) is 4.50. The molecule has 14 heavy (non-hydrogen) atoms. The van der Waals surface area contributed by atoms with Gasteiger partial charge in [0.05, 0.1) is 12.4 Å². The van der Waals surface area contributed by atoms with E-state index in [0.29, 0.717) is 5.95 Å². The smallest absolute Gasteiger partial charge is 0.225 e. The topological polar surface area (TPSA) is 29.0 Å². The molecule has 0 amide bonds. The third-order valence-corrected chi connectivity index (χ3v) is 1.88. The molecule has 78 valence electrons. The molecule has 0 aromatic carbocycles. The molecule has 0 saturated heterocycles. The molecule has 1 aromatic heterocycles. The first-order chi connectivity index (χ1) is 6.77. The minimum absolute atomic E-state index is 0.387. The molecule has 0 aliphatic carbocycles. The van der Waals surface area contributed by atoms with E-state index < -0.39 is 0 Å². The van der Waals surface area contributed by atoms with Crippen LogP contribution in [0.5, 0.6) is 0 Å². The van der Waals surface area contributed by atoms with Gasteiger partial charge in [-0.3, -0.25) is 0 Å². The highest BCUT2D eigenvalue weighted by Gasteiger charge is 2.06. The van der Waals surface area contributed by atoms with E-state index in [9.17, 15) is 4.39 Å². The number of rotatable bonds is 5. The van der Waals surface area contributed by atoms with Crippen LogP contribution in [0, 0.1) is 5.82 Å². The zero-order valence-corrected chi connectivity index (χ0v) is 8.70. The first-order valence-electron chi connectivity index (χ1n) is 5.00. The highest BCUT2D eigenvalue weighted by Crippen LogP contribution is 2.07. The van der Waals surface area contributed by atoms with E-state index in [1.165, 1.54) is 12.4 Å². The van der Waals surface area contributed by atoms with Crippen molar-refractivity contribution in [3.05, 3.63) is 18.2 Å². The van der Waals surface area contributed by atoms with Crippen molar-refractivity contribution < 1.29 is 4.39 Å². The molecule has 0 fully saturated rings. The Hall–Kier alpha value is -1.19. The lowest BCUT2D eigenvalue weighted by Crippen LogP contribution is -2.26. The largest absolute Gasteiger partial charge is 0.341 e. The summed E-state index contributed by atoms with van der Waals surface area (Å²) in [6, 6.07) is 0. The van der Waals surface area contributed by atoms with Gasteiger partial charge in [0.2, 0.25) is 5.95 Å². The lowest BCUT2D eigenvalue weighted by Gasteiger charge is -2.20. The Morgan fingerprint density at radius 2 is 1.64 bits per heavy atom. The van der Waals surface area contributed by atoms with Gasteiger partial charge in [0.25, 0.3) is 0 Å². The van der Waals surface area contributed by atoms with Crippen molar-refractivity contribution >= 4 is 5.95 Å². The number of nitrogens with zero attached hydrogens (tertiary/aromatic N) is 3. The van der Waals surface area contributed by atoms with E-state index in [1.54, 1.807) is 0 Å². The summed E-state index contributed by atoms with van der Waals surface area (Å²) in [5.74, 6) is 0.233. The van der Waals surface area contributed by atoms with Gasteiger partial charge in [0, 0.05) is 13.1 Å². The molecule has 0 N–H and O–H groups in total. The Morgan fingerprint density at radius 3 is 2.07 bits per heavy atom. The Kier molecular flexibility index (Phi) is 4.29. The minimum Gasteiger partial charge on any atom is -0.341 e. The normalized spacial score (nSPS) is 10.2. The average Bonchev–Trinajstić information content (AvgIpc) is 2.19. The van der Waals surface area contributed by atoms with Crippen LogP contribution in [0.25, 0.3) is 0 Å². The van der Waals surface area contributed by atoms with Crippen molar-refractivity contribution in [1.82, 2.24) is 9.97 Å². The first kappa shape index (κ1) is 10.9. The monoisotopic (exact) mass is 197 g/mol. The van der Waals surface area contributed by atoms with Gasteiger partial charge in [0.15, 0.2) is 5.82 Å². The molecule has 0 aliphatic heterocycles. The van der Waals surface area contributed by atoms with E-state index in [1.807, 2.05) is 0 Å². The average molecular weight is 197 g/mol. The highest BCUT2D eigenvalue weighted by molar-refractivity contribution is 5.27. The van der Waals surface area contributed by atoms with Crippen LogP contribution < -0.4 is 4.90 Å². The maximum atomic E-state index is 12.6. The van der Waals surface area contributed by atoms with E-state index in [2.05, 4.69) is 28.7 Å². The Bertz CT molecular complexity index is 255. The van der Waals surface area contributed by atoms with Crippen LogP contribution in [0.2, 0.25) is 0 Å². The number of aromatic nitrogens is 2. The van der Waals surface area contributed by atoms with Crippen molar-refractivity contribution in [2.24, 2.45) is 0 Å². The lowest BCUT2D eigenvalue weighted by atomic mass is 10.4. The van der Waals surface area contributed by atoms with Crippen molar-refractivity contribution in [3.63, 3.8) is 0 Å². The van der Waals surface area contributed by atoms with Crippen molar-refractivity contribution in [2.45, 2.75) is 26.7 Å². The molecule has 1 rings (SSSR count). The fraction of sp³-hybridized carbons (Fsp3) is 0.600. The van der Waals surface area contributed by atoms with Gasteiger partial charge >= 0.3 is 0 Å². The van der Waals surface area contributed by atoms with Gasteiger partial charge in [-0.2, -0.15) is 0 Å². The van der Waals surface area contributed by atoms with Crippen molar-refractivity contribution in [2.75, 3.05) is 18.0 Å². The van der Waals surface area contributed by atoms with Crippen LogP contribution in [0.15, 0.2) is 12.4 Å². The number of halogens is 1. The molecule has 3 nitrogen and oxygen atoms in total. The molecule has 0 bridgehead atoms. The van der Waals surface area contributed by atoms with Gasteiger partial charge in [-0.05, 0) is 12.8 Å². The second kappa shape index (κ2) is 5.52. The third-order valence-electron chi connectivity index (χ3n) is 1.88. The molecular weight excluding hydrogens is 181 g/mol. The molecule has 0 saturated carbocycles. The number of hydrogen-bond donors (Lipinski definition) is 0. The number of anilines is 1. The highest BCUT2D eigenvalue weighted by atomic mass is 19.1. The molecule has 4 heteroatoms. The zero-order chi connectivity index (χ0) is 10.4. The maximum Gasteiger partial charge on any atom is 0.225 e. The summed E-state index contributed by atoms with van der Waals surface area (Å²) < 4.78 is 12.6. The number of hydrogen-bond acceptors (Lipinski definition) is 3. The van der Waals surface area contributed by atoms with Gasteiger partial charge in [0.1, 0.15) is 0 Å². The molecule has 0 atom stereocenters. The van der Waals surface area contributed by atoms with E-state index in [-0.39, 0.29) is 5.82 Å². The van der Waals surface area contributed by atoms with Crippen LogP contribution in [0.3, 0.4) is 0 Å². The van der Waals surface area contributed by atoms with Gasteiger partial charge in [-0.25, -0.2) is 14.4 Å². The molecule has 0 radical (unpaired) electrons. The summed E-state index contributed by atoms with van der Waals surface area (Å²) in [5.41, 5.74) is 0. The van der Waals surface area contributed by atoms with Crippen LogP contribution in [0.1, 0.15) is 26.7 Å². The van der Waals surface area contributed by atoms with E-state index in [4.69, 9.17) is 0 Å². The quantitative estimate of drug-likeness (QED) is 0.725. The van der Waals surface area contributed by atoms with E-state index in [0.717, 1.165) is 25.9 Å². The molecule has 1 aromatic rings. The van der Waals surface area contributed by atoms with Gasteiger partial charge in [-0.15, -0.1) is 0 Å². The summed E-state index contributed by atoms with van der Waals surface area (Å²) >= 11 is 0. The van der Waals surface area contributed by atoms with Crippen LogP contribution >= 0.6 is 0 Å². The Morgan fingerprint density at radius 1 is 1.14 bits per heavy atom. The van der Waals surface area contributed by atoms with Crippen molar-refractivity contribution in [1.29, 1.82) is 0 Å². The zero-order valence-electron chi connectivity index (χ0n) is 8.70. The predicted molar refractivity (Wildman–Crippen MR) is 54.8 cm³/mol. The lowest BCUT2D eigenvalue weighted by molar-refractivity contribution is 0.609. The Balaban J connectivity index is 2.71. The summed E-state index contributed by atoms with van der Waals surface area (Å²) in [4.78, 5) is 9.98. The van der Waals surface area contributed by atoms with E-state index >= 15 is 0 Å². The molecule has 0 aliphatic rings. The molecule has 0 spiro atoms. The van der Waals surface area contributed by atoms with Gasteiger partial charge in [-0.1, -0.05) is 13.8 Å². The van der Waals surface area contributed by atoms with Crippen LogP contribution in [-0.2, 0) is 0 Å². The molecular formula is C10H16FN3. The summed E-state index contributed by atoms with van der Waals surface area (Å²) in [6.45, 7) is 6.04. The second-order valence-electron chi connectivity index (χ2n) is 3.19. The standard InChI is InChI=1S/C10H16FN3/c1-3-5-14(6-4-2)10-12-7-9(11)8-13-10/h7-8H,3-6H2,1-2H3. The minimum atomic E-state index is -0.387. The maximum absolute atomic E-state index is 12.6. The second-order valence-corrected chi connectivity index (χ2v) is 3.19. The summed E-state index contributed by atoms with van der Waals surface area (Å²) in [7, 11) is 0. The predicted octanol–water partition coefficient (Wildman–Crippen LogP) is 2.24. The van der Waals surface area contributed by atoms with Crippen molar-refractivity contribution in [3.8, 4) is 0 Å². The first-order valence-corrected chi connectivity index (χ1v) is 5.00. The van der Waals surface area contributed by atoms with Crippen LogP contribution in [-0.4, -0.2) is 23.1 Å².